The van der Waals surface area contributed by atoms with Crippen LogP contribution in [0.15, 0.2) is 65.7 Å². The second-order valence-corrected chi connectivity index (χ2v) is 8.69. The second-order valence-electron chi connectivity index (χ2n) is 8.69. The summed E-state index contributed by atoms with van der Waals surface area (Å²) in [6, 6.07) is 11.7. The van der Waals surface area contributed by atoms with Gasteiger partial charge in [0.05, 0.1) is 6.10 Å². The lowest BCUT2D eigenvalue weighted by atomic mass is 10.1. The molecule has 36 heavy (non-hydrogen) atoms. The summed E-state index contributed by atoms with van der Waals surface area (Å²) in [5.41, 5.74) is 0.337. The lowest BCUT2D eigenvalue weighted by Gasteiger charge is -2.16. The molecule has 2 aromatic carbocycles. The van der Waals surface area contributed by atoms with Gasteiger partial charge in [0.1, 0.15) is 22.8 Å². The molecule has 3 aromatic rings. The van der Waals surface area contributed by atoms with Crippen LogP contribution in [0.5, 0.6) is 0 Å². The van der Waals surface area contributed by atoms with E-state index in [9.17, 15) is 23.2 Å². The molecule has 2 heterocycles. The lowest BCUT2D eigenvalue weighted by Crippen LogP contribution is -2.36. The van der Waals surface area contributed by atoms with Crippen molar-refractivity contribution in [1.82, 2.24) is 15.2 Å². The van der Waals surface area contributed by atoms with E-state index in [0.717, 1.165) is 12.8 Å². The number of amides is 2. The van der Waals surface area contributed by atoms with Crippen LogP contribution in [0.25, 0.3) is 0 Å². The number of rotatable bonds is 9. The van der Waals surface area contributed by atoms with Crippen LogP contribution in [0.3, 0.4) is 0 Å². The van der Waals surface area contributed by atoms with Gasteiger partial charge in [-0.25, -0.2) is 8.78 Å². The third kappa shape index (κ3) is 6.63. The van der Waals surface area contributed by atoms with Crippen LogP contribution in [0.2, 0.25) is 0 Å². The molecule has 0 radical (unpaired) electrons. The number of nitrogens with one attached hydrogen (secondary N) is 2. The minimum absolute atomic E-state index is 0.0773. The highest BCUT2D eigenvalue weighted by molar-refractivity contribution is 5.99. The van der Waals surface area contributed by atoms with Crippen LogP contribution in [0.1, 0.15) is 44.7 Å². The van der Waals surface area contributed by atoms with Crippen LogP contribution in [-0.4, -0.2) is 35.6 Å². The monoisotopic (exact) mass is 495 g/mol. The average Bonchev–Trinajstić information content (AvgIpc) is 3.37. The zero-order chi connectivity index (χ0) is 25.5. The molecule has 1 unspecified atom stereocenters. The Bertz CT molecular complexity index is 1280. The first kappa shape index (κ1) is 25.2. The summed E-state index contributed by atoms with van der Waals surface area (Å²) in [4.78, 5) is 38.9. The van der Waals surface area contributed by atoms with Crippen molar-refractivity contribution in [3.05, 3.63) is 105 Å². The second kappa shape index (κ2) is 11.7. The largest absolute Gasteiger partial charge is 0.376 e. The van der Waals surface area contributed by atoms with E-state index in [1.54, 1.807) is 16.7 Å². The first-order valence-corrected chi connectivity index (χ1v) is 11.8. The van der Waals surface area contributed by atoms with Crippen molar-refractivity contribution < 1.29 is 23.1 Å². The molecule has 1 fully saturated rings. The number of benzene rings is 2. The van der Waals surface area contributed by atoms with Crippen LogP contribution in [-0.2, 0) is 24.2 Å². The predicted molar refractivity (Wildman–Crippen MR) is 130 cm³/mol. The summed E-state index contributed by atoms with van der Waals surface area (Å²) in [6.45, 7) is 1.31. The first-order valence-electron chi connectivity index (χ1n) is 11.8. The summed E-state index contributed by atoms with van der Waals surface area (Å²) in [5.74, 6) is -2.01. The Balaban J connectivity index is 1.51. The summed E-state index contributed by atoms with van der Waals surface area (Å²) >= 11 is 0. The van der Waals surface area contributed by atoms with Crippen molar-refractivity contribution in [3.8, 4) is 0 Å². The zero-order valence-corrected chi connectivity index (χ0v) is 19.6. The molecule has 1 aromatic heterocycles. The van der Waals surface area contributed by atoms with Gasteiger partial charge in [0.25, 0.3) is 11.8 Å². The molecule has 7 nitrogen and oxygen atoms in total. The molecule has 1 aliphatic rings. The normalized spacial score (nSPS) is 15.0. The minimum atomic E-state index is -0.696. The summed E-state index contributed by atoms with van der Waals surface area (Å²) < 4.78 is 33.8. The van der Waals surface area contributed by atoms with Gasteiger partial charge in [-0.1, -0.05) is 24.3 Å². The fourth-order valence-corrected chi connectivity index (χ4v) is 4.07. The van der Waals surface area contributed by atoms with E-state index in [-0.39, 0.29) is 36.1 Å². The van der Waals surface area contributed by atoms with Crippen molar-refractivity contribution in [3.63, 3.8) is 0 Å². The minimum Gasteiger partial charge on any atom is -0.376 e. The number of hydrogen-bond acceptors (Lipinski definition) is 4. The van der Waals surface area contributed by atoms with Crippen molar-refractivity contribution in [2.75, 3.05) is 13.2 Å². The van der Waals surface area contributed by atoms with E-state index >= 15 is 0 Å². The number of halogens is 2. The zero-order valence-electron chi connectivity index (χ0n) is 19.6. The van der Waals surface area contributed by atoms with Crippen LogP contribution in [0.4, 0.5) is 8.78 Å². The van der Waals surface area contributed by atoms with Crippen LogP contribution in [0, 0.1) is 11.6 Å². The Morgan fingerprint density at radius 1 is 0.944 bits per heavy atom. The molecule has 188 valence electrons. The maximum atomic E-state index is 13.4. The standard InChI is InChI=1S/C27H27F2N3O4/c28-20-8-6-19(7-9-20)14-31-27(35)24-17-32(15-22-5-2-12-36-22)16-23(25(24)33)26(34)30-11-10-18-3-1-4-21(29)13-18/h1,3-4,6-9,13,16-17,22H,2,5,10-12,14-15H2,(H,30,34)(H,31,35). The number of nitrogens with zero attached hydrogens (tertiary/aromatic N) is 1. The lowest BCUT2D eigenvalue weighted by molar-refractivity contribution is 0.0925. The van der Waals surface area contributed by atoms with Gasteiger partial charge in [-0.15, -0.1) is 0 Å². The molecule has 0 bridgehead atoms. The molecule has 1 aliphatic heterocycles. The summed E-state index contributed by atoms with van der Waals surface area (Å²) in [5, 5.41) is 5.34. The van der Waals surface area contributed by atoms with Crippen molar-refractivity contribution in [2.24, 2.45) is 0 Å². The third-order valence-corrected chi connectivity index (χ3v) is 5.96. The first-order chi connectivity index (χ1) is 17.4. The molecule has 4 rings (SSSR count). The smallest absolute Gasteiger partial charge is 0.257 e. The van der Waals surface area contributed by atoms with Gasteiger partial charge >= 0.3 is 0 Å². The van der Waals surface area contributed by atoms with Crippen molar-refractivity contribution in [2.45, 2.75) is 38.5 Å². The molecule has 2 N–H and O–H groups in total. The molecule has 0 saturated carbocycles. The van der Waals surface area contributed by atoms with Gasteiger partial charge in [0, 0.05) is 38.6 Å². The molecule has 1 atom stereocenters. The Morgan fingerprint density at radius 2 is 1.67 bits per heavy atom. The SMILES string of the molecule is O=C(NCCc1cccc(F)c1)c1cn(CC2CCCO2)cc(C(=O)NCc2ccc(F)cc2)c1=O. The Kier molecular flexibility index (Phi) is 8.22. The van der Waals surface area contributed by atoms with Crippen LogP contribution < -0.4 is 16.1 Å². The van der Waals surface area contributed by atoms with E-state index in [4.69, 9.17) is 4.74 Å². The maximum Gasteiger partial charge on any atom is 0.257 e. The summed E-state index contributed by atoms with van der Waals surface area (Å²) in [6.07, 6.45) is 4.92. The number of ether oxygens (including phenoxy) is 1. The quantitative estimate of drug-likeness (QED) is 0.477. The van der Waals surface area contributed by atoms with Gasteiger partial charge in [-0.05, 0) is 54.7 Å². The van der Waals surface area contributed by atoms with E-state index in [2.05, 4.69) is 10.6 Å². The summed E-state index contributed by atoms with van der Waals surface area (Å²) in [7, 11) is 0. The van der Waals surface area contributed by atoms with E-state index in [1.165, 1.54) is 48.8 Å². The van der Waals surface area contributed by atoms with Gasteiger partial charge in [-0.2, -0.15) is 0 Å². The molecular formula is C27H27F2N3O4. The fourth-order valence-electron chi connectivity index (χ4n) is 4.07. The average molecular weight is 496 g/mol. The van der Waals surface area contributed by atoms with E-state index in [0.29, 0.717) is 30.7 Å². The van der Waals surface area contributed by atoms with Crippen molar-refractivity contribution in [1.29, 1.82) is 0 Å². The topological polar surface area (TPSA) is 89.4 Å². The van der Waals surface area contributed by atoms with Gasteiger partial charge in [-0.3, -0.25) is 14.4 Å². The van der Waals surface area contributed by atoms with Gasteiger partial charge in [0.15, 0.2) is 0 Å². The highest BCUT2D eigenvalue weighted by Crippen LogP contribution is 2.14. The molecule has 1 saturated heterocycles. The predicted octanol–water partition coefficient (Wildman–Crippen LogP) is 3.21. The van der Waals surface area contributed by atoms with Crippen molar-refractivity contribution >= 4 is 11.8 Å². The van der Waals surface area contributed by atoms with E-state index < -0.39 is 23.1 Å². The molecule has 0 spiro atoms. The molecule has 2 amide bonds. The van der Waals surface area contributed by atoms with Crippen LogP contribution >= 0.6 is 0 Å². The molecular weight excluding hydrogens is 468 g/mol. The number of aromatic nitrogens is 1. The Hall–Kier alpha value is -3.85. The number of carbonyl (C=O) groups is 2. The van der Waals surface area contributed by atoms with E-state index in [1.807, 2.05) is 0 Å². The maximum absolute atomic E-state index is 13.4. The fraction of sp³-hybridized carbons (Fsp3) is 0.296. The highest BCUT2D eigenvalue weighted by Gasteiger charge is 2.22. The number of carbonyl (C=O) groups excluding carboxylic acids is 2. The van der Waals surface area contributed by atoms with Gasteiger partial charge < -0.3 is 19.9 Å². The molecule has 0 aliphatic carbocycles. The Labute approximate surface area is 207 Å². The Morgan fingerprint density at radius 3 is 2.33 bits per heavy atom. The molecule has 9 heteroatoms. The number of pyridine rings is 1. The number of hydrogen-bond donors (Lipinski definition) is 2. The highest BCUT2D eigenvalue weighted by atomic mass is 19.1. The third-order valence-electron chi connectivity index (χ3n) is 5.96. The van der Waals surface area contributed by atoms with Gasteiger partial charge in [0.2, 0.25) is 5.43 Å².